The van der Waals surface area contributed by atoms with Crippen LogP contribution >= 0.6 is 0 Å². The van der Waals surface area contributed by atoms with Gasteiger partial charge in [0.1, 0.15) is 31.3 Å². The Morgan fingerprint density at radius 1 is 1.03 bits per heavy atom. The molecule has 1 amide bonds. The number of amides is 1. The molecule has 172 valence electrons. The van der Waals surface area contributed by atoms with Crippen LogP contribution in [0.5, 0.6) is 17.2 Å². The van der Waals surface area contributed by atoms with Gasteiger partial charge in [0.25, 0.3) is 10.0 Å². The number of ether oxygens (including phenoxy) is 3. The highest BCUT2D eigenvalue weighted by atomic mass is 32.2. The number of carbonyl (C=O) groups excluding carboxylic acids is 1. The van der Waals surface area contributed by atoms with Crippen molar-refractivity contribution in [1.82, 2.24) is 0 Å². The fourth-order valence-corrected chi connectivity index (χ4v) is 4.69. The quantitative estimate of drug-likeness (QED) is 0.566. The van der Waals surface area contributed by atoms with Crippen molar-refractivity contribution in [2.75, 3.05) is 36.5 Å². The molecule has 0 saturated heterocycles. The van der Waals surface area contributed by atoms with Crippen LogP contribution in [0.3, 0.4) is 0 Å². The summed E-state index contributed by atoms with van der Waals surface area (Å²) in [6.07, 6.45) is 0. The Morgan fingerprint density at radius 3 is 2.45 bits per heavy atom. The standard InChI is InChI=1S/C23H21FN2O6S/c1-30-19-7-5-17(6-8-19)25-23(27)15-26(18-4-2-3-16(24)13-18)33(28,29)20-9-10-21-22(14-20)32-12-11-31-21/h2-10,13-14H,11-12,15H2,1H3,(H,25,27). The molecule has 1 N–H and O–H groups in total. The van der Waals surface area contributed by atoms with Crippen molar-refractivity contribution in [3.8, 4) is 17.2 Å². The molecule has 0 radical (unpaired) electrons. The molecule has 3 aromatic rings. The van der Waals surface area contributed by atoms with Gasteiger partial charge in [-0.05, 0) is 54.6 Å². The summed E-state index contributed by atoms with van der Waals surface area (Å²) in [6.45, 7) is 0.0701. The molecule has 10 heteroatoms. The molecule has 0 aliphatic carbocycles. The molecule has 8 nitrogen and oxygen atoms in total. The van der Waals surface area contributed by atoms with Crippen LogP contribution in [0.2, 0.25) is 0 Å². The van der Waals surface area contributed by atoms with E-state index < -0.39 is 28.3 Å². The molecule has 0 fully saturated rings. The summed E-state index contributed by atoms with van der Waals surface area (Å²) in [4.78, 5) is 12.6. The second-order valence-corrected chi connectivity index (χ2v) is 8.94. The van der Waals surface area contributed by atoms with Gasteiger partial charge in [0.2, 0.25) is 5.91 Å². The summed E-state index contributed by atoms with van der Waals surface area (Å²) in [5.74, 6) is 0.0745. The molecule has 1 heterocycles. The summed E-state index contributed by atoms with van der Waals surface area (Å²) in [6, 6.07) is 15.8. The Bertz CT molecular complexity index is 1260. The number of hydrogen-bond acceptors (Lipinski definition) is 6. The Morgan fingerprint density at radius 2 is 1.76 bits per heavy atom. The lowest BCUT2D eigenvalue weighted by atomic mass is 10.3. The molecule has 33 heavy (non-hydrogen) atoms. The Balaban J connectivity index is 1.65. The largest absolute Gasteiger partial charge is 0.497 e. The molecule has 0 atom stereocenters. The van der Waals surface area contributed by atoms with Crippen LogP contribution < -0.4 is 23.8 Å². The number of nitrogens with one attached hydrogen (secondary N) is 1. The van der Waals surface area contributed by atoms with Crippen molar-refractivity contribution >= 4 is 27.3 Å². The Labute approximate surface area is 190 Å². The van der Waals surface area contributed by atoms with Gasteiger partial charge < -0.3 is 19.5 Å². The topological polar surface area (TPSA) is 94.2 Å². The van der Waals surface area contributed by atoms with Gasteiger partial charge >= 0.3 is 0 Å². The third kappa shape index (κ3) is 5.01. The van der Waals surface area contributed by atoms with Crippen molar-refractivity contribution < 1.29 is 31.8 Å². The minimum absolute atomic E-state index is 0.00905. The number of methoxy groups -OCH3 is 1. The van der Waals surface area contributed by atoms with Crippen LogP contribution in [0, 0.1) is 5.82 Å². The predicted molar refractivity (Wildman–Crippen MR) is 120 cm³/mol. The van der Waals surface area contributed by atoms with Crippen LogP contribution in [0.15, 0.2) is 71.6 Å². The number of rotatable bonds is 7. The number of halogens is 1. The maximum Gasteiger partial charge on any atom is 0.264 e. The predicted octanol–water partition coefficient (Wildman–Crippen LogP) is 3.44. The molecule has 0 unspecified atom stereocenters. The smallest absolute Gasteiger partial charge is 0.264 e. The first-order chi connectivity index (χ1) is 15.9. The highest BCUT2D eigenvalue weighted by molar-refractivity contribution is 7.92. The van der Waals surface area contributed by atoms with Gasteiger partial charge in [0, 0.05) is 11.8 Å². The lowest BCUT2D eigenvalue weighted by Crippen LogP contribution is -2.38. The number of fused-ring (bicyclic) bond motifs is 1. The first-order valence-corrected chi connectivity index (χ1v) is 11.4. The summed E-state index contributed by atoms with van der Waals surface area (Å²) in [5, 5.41) is 2.64. The fraction of sp³-hybridized carbons (Fsp3) is 0.174. The number of hydrogen-bond donors (Lipinski definition) is 1. The zero-order valence-electron chi connectivity index (χ0n) is 17.7. The first-order valence-electron chi connectivity index (χ1n) is 9.99. The van der Waals surface area contributed by atoms with E-state index in [1.165, 1.54) is 43.5 Å². The van der Waals surface area contributed by atoms with E-state index in [0.717, 1.165) is 10.4 Å². The summed E-state index contributed by atoms with van der Waals surface area (Å²) in [5.41, 5.74) is 0.464. The van der Waals surface area contributed by atoms with E-state index in [-0.39, 0.29) is 22.9 Å². The molecule has 0 aromatic heterocycles. The van der Waals surface area contributed by atoms with E-state index in [2.05, 4.69) is 5.32 Å². The third-order valence-corrected chi connectivity index (χ3v) is 6.63. The normalized spacial score (nSPS) is 12.7. The molecule has 0 spiro atoms. The van der Waals surface area contributed by atoms with E-state index in [1.54, 1.807) is 24.3 Å². The molecule has 3 aromatic carbocycles. The Kier molecular flexibility index (Phi) is 6.36. The average Bonchev–Trinajstić information content (AvgIpc) is 2.82. The van der Waals surface area contributed by atoms with Gasteiger partial charge in [-0.3, -0.25) is 9.10 Å². The van der Waals surface area contributed by atoms with Crippen LogP contribution in [-0.4, -0.2) is 41.2 Å². The van der Waals surface area contributed by atoms with Crippen LogP contribution in [0.25, 0.3) is 0 Å². The van der Waals surface area contributed by atoms with Crippen molar-refractivity contribution in [3.63, 3.8) is 0 Å². The third-order valence-electron chi connectivity index (χ3n) is 4.86. The molecule has 1 aliphatic rings. The van der Waals surface area contributed by atoms with Crippen LogP contribution in [0.4, 0.5) is 15.8 Å². The highest BCUT2D eigenvalue weighted by Gasteiger charge is 2.29. The van der Waals surface area contributed by atoms with E-state index in [9.17, 15) is 17.6 Å². The highest BCUT2D eigenvalue weighted by Crippen LogP contribution is 2.34. The second kappa shape index (κ2) is 9.37. The number of sulfonamides is 1. The summed E-state index contributed by atoms with van der Waals surface area (Å²) in [7, 11) is -2.73. The molecular weight excluding hydrogens is 451 g/mol. The van der Waals surface area contributed by atoms with E-state index >= 15 is 0 Å². The van der Waals surface area contributed by atoms with Gasteiger partial charge in [0.15, 0.2) is 11.5 Å². The lowest BCUT2D eigenvalue weighted by Gasteiger charge is -2.25. The first kappa shape index (κ1) is 22.4. The second-order valence-electron chi connectivity index (χ2n) is 7.07. The number of benzene rings is 3. The SMILES string of the molecule is COc1ccc(NC(=O)CN(c2cccc(F)c2)S(=O)(=O)c2ccc3c(c2)OCCO3)cc1. The van der Waals surface area contributed by atoms with Gasteiger partial charge in [-0.25, -0.2) is 12.8 Å². The lowest BCUT2D eigenvalue weighted by molar-refractivity contribution is -0.114. The van der Waals surface area contributed by atoms with Crippen molar-refractivity contribution in [2.24, 2.45) is 0 Å². The number of anilines is 2. The van der Waals surface area contributed by atoms with Gasteiger partial charge in [-0.2, -0.15) is 0 Å². The monoisotopic (exact) mass is 472 g/mol. The molecule has 0 saturated carbocycles. The Hall–Kier alpha value is -3.79. The minimum Gasteiger partial charge on any atom is -0.497 e. The summed E-state index contributed by atoms with van der Waals surface area (Å²) < 4.78 is 57.8. The average molecular weight is 472 g/mol. The van der Waals surface area contributed by atoms with Gasteiger partial charge in [-0.1, -0.05) is 6.07 Å². The summed E-state index contributed by atoms with van der Waals surface area (Å²) >= 11 is 0. The maximum atomic E-state index is 13.9. The zero-order chi connectivity index (χ0) is 23.4. The minimum atomic E-state index is -4.25. The van der Waals surface area contributed by atoms with Crippen molar-refractivity contribution in [3.05, 3.63) is 72.5 Å². The zero-order valence-corrected chi connectivity index (χ0v) is 18.5. The molecule has 0 bridgehead atoms. The molecule has 1 aliphatic heterocycles. The van der Waals surface area contributed by atoms with Gasteiger partial charge in [-0.15, -0.1) is 0 Å². The molecular formula is C23H21FN2O6S. The van der Waals surface area contributed by atoms with Crippen LogP contribution in [0.1, 0.15) is 0 Å². The van der Waals surface area contributed by atoms with E-state index in [4.69, 9.17) is 14.2 Å². The van der Waals surface area contributed by atoms with Crippen molar-refractivity contribution in [1.29, 1.82) is 0 Å². The van der Waals surface area contributed by atoms with Crippen molar-refractivity contribution in [2.45, 2.75) is 4.90 Å². The number of carbonyl (C=O) groups is 1. The van der Waals surface area contributed by atoms with Crippen LogP contribution in [-0.2, 0) is 14.8 Å². The fourth-order valence-electron chi connectivity index (χ4n) is 3.26. The van der Waals surface area contributed by atoms with Gasteiger partial charge in [0.05, 0.1) is 17.7 Å². The van der Waals surface area contributed by atoms with E-state index in [0.29, 0.717) is 23.8 Å². The maximum absolute atomic E-state index is 13.9. The van der Waals surface area contributed by atoms with E-state index in [1.807, 2.05) is 0 Å². The number of nitrogens with zero attached hydrogens (tertiary/aromatic N) is 1. The molecule has 4 rings (SSSR count).